The number of amides is 3. The number of aliphatic hydroxyl groups is 1. The predicted molar refractivity (Wildman–Crippen MR) is 279 cm³/mol. The van der Waals surface area contributed by atoms with Gasteiger partial charge in [0.05, 0.1) is 38.8 Å². The second-order valence-corrected chi connectivity index (χ2v) is 23.9. The lowest BCUT2D eigenvalue weighted by molar-refractivity contribution is -0.199. The molecule has 3 amide bonds. The number of fused-ring (bicyclic) bond motifs is 1. The van der Waals surface area contributed by atoms with E-state index in [1.165, 1.54) is 4.90 Å². The Morgan fingerprint density at radius 2 is 1.75 bits per heavy atom. The van der Waals surface area contributed by atoms with E-state index in [-0.39, 0.29) is 71.8 Å². The van der Waals surface area contributed by atoms with Crippen LogP contribution in [0.4, 0.5) is 0 Å². The molecule has 14 heteroatoms. The van der Waals surface area contributed by atoms with Crippen LogP contribution in [-0.4, -0.2) is 92.5 Å². The first-order valence-electron chi connectivity index (χ1n) is 25.3. The molecule has 4 aliphatic rings. The maximum atomic E-state index is 14.3. The van der Waals surface area contributed by atoms with Gasteiger partial charge < -0.3 is 29.7 Å². The van der Waals surface area contributed by atoms with Crippen molar-refractivity contribution in [1.82, 2.24) is 20.1 Å². The number of hydrogen-bond acceptors (Lipinski definition) is 10. The van der Waals surface area contributed by atoms with Gasteiger partial charge in [-0.1, -0.05) is 103 Å². The van der Waals surface area contributed by atoms with Gasteiger partial charge in [0.2, 0.25) is 5.91 Å². The normalized spacial score (nSPS) is 22.2. The van der Waals surface area contributed by atoms with Gasteiger partial charge in [-0.05, 0) is 97.4 Å². The minimum atomic E-state index is -1.00. The molecule has 3 fully saturated rings. The molecule has 2 aliphatic carbocycles. The molecule has 2 saturated carbocycles. The van der Waals surface area contributed by atoms with Crippen molar-refractivity contribution in [3.63, 3.8) is 0 Å². The van der Waals surface area contributed by atoms with Crippen LogP contribution >= 0.6 is 22.9 Å². The molecule has 1 saturated heterocycles. The number of thiazole rings is 1. The number of β-amino-alcohol motifs (C(OH)–C–C–N with tert-alkyl or cyclic N) is 1. The predicted octanol–water partition coefficient (Wildman–Crippen LogP) is 10.2. The van der Waals surface area contributed by atoms with Gasteiger partial charge >= 0.3 is 0 Å². The van der Waals surface area contributed by atoms with Gasteiger partial charge in [-0.2, -0.15) is 5.26 Å². The third kappa shape index (κ3) is 10.7. The number of rotatable bonds is 17. The highest BCUT2D eigenvalue weighted by Gasteiger charge is 2.67. The molecule has 4 atom stereocenters. The number of nitriles is 1. The van der Waals surface area contributed by atoms with E-state index in [0.29, 0.717) is 67.2 Å². The summed E-state index contributed by atoms with van der Waals surface area (Å²) in [6, 6.07) is 19.6. The first-order chi connectivity index (χ1) is 34.0. The molecule has 0 radical (unpaired) electrons. The van der Waals surface area contributed by atoms with Crippen LogP contribution in [0.15, 0.2) is 66.2 Å². The number of ketones is 1. The van der Waals surface area contributed by atoms with Gasteiger partial charge in [0.1, 0.15) is 29.6 Å². The highest BCUT2D eigenvalue weighted by molar-refractivity contribution is 7.13. The van der Waals surface area contributed by atoms with Gasteiger partial charge in [0.25, 0.3) is 11.8 Å². The molecule has 2 N–H and O–H groups in total. The molecule has 0 bridgehead atoms. The largest absolute Gasteiger partial charge is 0.489 e. The minimum absolute atomic E-state index is 0.00281. The number of unbranched alkanes of at least 4 members (excludes halogenated alkanes) is 2. The van der Waals surface area contributed by atoms with E-state index in [1.54, 1.807) is 29.5 Å². The molecule has 8 rings (SSSR count). The Kier molecular flexibility index (Phi) is 15.2. The highest BCUT2D eigenvalue weighted by Crippen LogP contribution is 2.59. The number of benzene rings is 3. The summed E-state index contributed by atoms with van der Waals surface area (Å²) in [7, 11) is 0. The van der Waals surface area contributed by atoms with E-state index < -0.39 is 29.2 Å². The van der Waals surface area contributed by atoms with Crippen LogP contribution in [0.2, 0.25) is 5.02 Å². The number of halogens is 1. The zero-order valence-corrected chi connectivity index (χ0v) is 44.6. The summed E-state index contributed by atoms with van der Waals surface area (Å²) in [5.41, 5.74) is 5.55. The fraction of sp³-hybridized carbons (Fsp3) is 0.517. The van der Waals surface area contributed by atoms with Crippen LogP contribution < -0.4 is 10.1 Å². The maximum Gasteiger partial charge on any atom is 0.254 e. The van der Waals surface area contributed by atoms with E-state index in [1.807, 2.05) is 56.3 Å². The van der Waals surface area contributed by atoms with Crippen molar-refractivity contribution < 1.29 is 33.8 Å². The second-order valence-electron chi connectivity index (χ2n) is 22.7. The molecule has 0 spiro atoms. The SMILES string of the molecule is Cc1ncsc1-c1ccc([C@H](C)CCC(=O)[C@H]2C[C@@H](O)CN2C(=O)[C@@H](NC(=O)C2(OCCCCC#Cc3ccc4c(c3)CN(C3C(C)(C)C(Oc5ccc(C#N)c(Cl)c5)C3(C)C)C4=O)CC2)C(C)(C)C)cc1. The lowest BCUT2D eigenvalue weighted by Gasteiger charge is -2.65. The number of carbonyl (C=O) groups is 4. The van der Waals surface area contributed by atoms with Crippen LogP contribution in [0.3, 0.4) is 0 Å². The zero-order chi connectivity index (χ0) is 51.9. The molecule has 72 heavy (non-hydrogen) atoms. The lowest BCUT2D eigenvalue weighted by atomic mass is 9.49. The fourth-order valence-corrected chi connectivity index (χ4v) is 12.6. The van der Waals surface area contributed by atoms with E-state index in [0.717, 1.165) is 39.2 Å². The Morgan fingerprint density at radius 1 is 1.03 bits per heavy atom. The van der Waals surface area contributed by atoms with Gasteiger partial charge in [-0.15, -0.1) is 11.3 Å². The molecular formula is C58H68ClN5O7S. The molecule has 3 aromatic carbocycles. The average molecular weight is 1010 g/mol. The number of aliphatic hydroxyl groups excluding tert-OH is 1. The highest BCUT2D eigenvalue weighted by atomic mass is 35.5. The minimum Gasteiger partial charge on any atom is -0.489 e. The summed E-state index contributed by atoms with van der Waals surface area (Å²) < 4.78 is 12.7. The summed E-state index contributed by atoms with van der Waals surface area (Å²) in [5, 5.41) is 23.4. The Hall–Kier alpha value is -5.57. The number of aromatic nitrogens is 1. The molecule has 3 heterocycles. The number of carbonyl (C=O) groups excluding carboxylic acids is 4. The molecular weight excluding hydrogens is 946 g/mol. The van der Waals surface area contributed by atoms with E-state index in [2.05, 4.69) is 87.1 Å². The van der Waals surface area contributed by atoms with E-state index in [9.17, 15) is 29.5 Å². The van der Waals surface area contributed by atoms with Crippen LogP contribution in [0.5, 0.6) is 5.75 Å². The third-order valence-corrected chi connectivity index (χ3v) is 16.7. The number of nitrogens with one attached hydrogen (secondary N) is 1. The molecule has 1 aromatic heterocycles. The number of aryl methyl sites for hydroxylation is 1. The Labute approximate surface area is 433 Å². The molecule has 4 aromatic rings. The van der Waals surface area contributed by atoms with Gasteiger partial charge in [-0.25, -0.2) is 4.98 Å². The van der Waals surface area contributed by atoms with Crippen LogP contribution in [-0.2, 0) is 25.7 Å². The third-order valence-electron chi connectivity index (χ3n) is 15.4. The van der Waals surface area contributed by atoms with Gasteiger partial charge in [0, 0.05) is 73.0 Å². The Morgan fingerprint density at radius 3 is 2.39 bits per heavy atom. The number of ether oxygens (including phenoxy) is 2. The van der Waals surface area contributed by atoms with E-state index in [4.69, 9.17) is 21.1 Å². The smallest absolute Gasteiger partial charge is 0.254 e. The standard InChI is InChI=1S/C58H68ClN5O7S/c1-35(38-17-19-39(20-18-38)48-36(2)61-34-72-48)15-24-47(66)46-29-42(65)33-63(46)51(68)49(55(3,4)5)62-54(69)58(25-26-58)70-27-13-11-10-12-14-37-16-23-44-41(28-37)32-64(50(44)67)52-56(6,7)53(57(52,8)9)71-43-22-21-40(31-60)45(59)30-43/h16-23,28,30,34-35,42,46,49,52-53,65H,10-11,13,15,24-27,29,32-33H2,1-9H3,(H,62,69)/t35-,42-,46-,49-,52?,53?/m1/s1. The summed E-state index contributed by atoms with van der Waals surface area (Å²) in [4.78, 5) is 64.8. The lowest BCUT2D eigenvalue weighted by Crippen LogP contribution is -2.74. The van der Waals surface area contributed by atoms with Crippen molar-refractivity contribution in [3.05, 3.63) is 105 Å². The van der Waals surface area contributed by atoms with Crippen LogP contribution in [0.1, 0.15) is 151 Å². The monoisotopic (exact) mass is 1010 g/mol. The summed E-state index contributed by atoms with van der Waals surface area (Å²) in [6.07, 6.45) is 3.20. The van der Waals surface area contributed by atoms with Crippen molar-refractivity contribution >= 4 is 46.4 Å². The zero-order valence-electron chi connectivity index (χ0n) is 43.1. The number of hydrogen-bond donors (Lipinski definition) is 2. The van der Waals surface area contributed by atoms with Crippen molar-refractivity contribution in [2.45, 2.75) is 162 Å². The summed E-state index contributed by atoms with van der Waals surface area (Å²) in [6.45, 7) is 19.2. The first kappa shape index (κ1) is 52.7. The molecule has 0 unspecified atom stereocenters. The van der Waals surface area contributed by atoms with E-state index >= 15 is 0 Å². The number of Topliss-reactive ketones (excluding diaryl/α,β-unsaturated/α-hetero) is 1. The molecule has 380 valence electrons. The van der Waals surface area contributed by atoms with Crippen molar-refractivity contribution in [2.75, 3.05) is 13.2 Å². The summed E-state index contributed by atoms with van der Waals surface area (Å²) in [5.74, 6) is 6.48. The topological polar surface area (TPSA) is 162 Å². The second kappa shape index (κ2) is 20.7. The van der Waals surface area contributed by atoms with Crippen molar-refractivity contribution in [3.8, 4) is 34.1 Å². The van der Waals surface area contributed by atoms with Crippen LogP contribution in [0, 0.1) is 46.3 Å². The Bertz CT molecular complexity index is 2810. The average Bonchev–Trinajstić information content (AvgIpc) is 3.66. The summed E-state index contributed by atoms with van der Waals surface area (Å²) >= 11 is 7.92. The maximum absolute atomic E-state index is 14.3. The van der Waals surface area contributed by atoms with Crippen LogP contribution in [0.25, 0.3) is 10.4 Å². The quantitative estimate of drug-likeness (QED) is 0.0775. The van der Waals surface area contributed by atoms with Gasteiger partial charge in [0.15, 0.2) is 5.78 Å². The van der Waals surface area contributed by atoms with Gasteiger partial charge in [-0.3, -0.25) is 19.2 Å². The van der Waals surface area contributed by atoms with Crippen molar-refractivity contribution in [2.24, 2.45) is 16.2 Å². The number of nitrogens with zero attached hydrogens (tertiary/aromatic N) is 4. The fourth-order valence-electron chi connectivity index (χ4n) is 11.6. The number of likely N-dealkylation sites (tertiary alicyclic amines) is 1. The Balaban J connectivity index is 0.794. The molecule has 2 aliphatic heterocycles. The van der Waals surface area contributed by atoms with Crippen molar-refractivity contribution in [1.29, 1.82) is 5.26 Å². The first-order valence-corrected chi connectivity index (χ1v) is 26.6. The molecule has 12 nitrogen and oxygen atoms in total.